The van der Waals surface area contributed by atoms with Gasteiger partial charge in [0.05, 0.1) is 12.2 Å². The molecule has 3 N–H and O–H groups in total. The van der Waals surface area contributed by atoms with Crippen molar-refractivity contribution in [1.82, 2.24) is 10.3 Å². The van der Waals surface area contributed by atoms with E-state index in [-0.39, 0.29) is 6.04 Å². The number of anilines is 1. The molecule has 0 bridgehead atoms. The van der Waals surface area contributed by atoms with Gasteiger partial charge < -0.3 is 20.4 Å². The summed E-state index contributed by atoms with van der Waals surface area (Å²) in [4.78, 5) is 6.22. The largest absolute Gasteiger partial charge is 0.389 e. The number of aliphatic hydroxyl groups excluding tert-OH is 2. The summed E-state index contributed by atoms with van der Waals surface area (Å²) in [7, 11) is 0. The van der Waals surface area contributed by atoms with Gasteiger partial charge in [0.25, 0.3) is 0 Å². The highest BCUT2D eigenvalue weighted by atomic mass is 16.3. The van der Waals surface area contributed by atoms with Crippen molar-refractivity contribution in [1.29, 1.82) is 0 Å². The van der Waals surface area contributed by atoms with Gasteiger partial charge in [-0.3, -0.25) is 0 Å². The molecule has 0 radical (unpaired) electrons. The fourth-order valence-corrected chi connectivity index (χ4v) is 2.26. The minimum absolute atomic E-state index is 0.272. The van der Waals surface area contributed by atoms with Crippen molar-refractivity contribution in [3.8, 4) is 0 Å². The van der Waals surface area contributed by atoms with E-state index in [1.807, 2.05) is 17.0 Å². The Morgan fingerprint density at radius 3 is 2.72 bits per heavy atom. The summed E-state index contributed by atoms with van der Waals surface area (Å²) in [5.41, 5.74) is 1.16. The Morgan fingerprint density at radius 2 is 2.11 bits per heavy atom. The summed E-state index contributed by atoms with van der Waals surface area (Å²) < 4.78 is 0. The highest BCUT2D eigenvalue weighted by molar-refractivity contribution is 5.43. The molecule has 1 aliphatic heterocycles. The van der Waals surface area contributed by atoms with Crippen LogP contribution in [0.1, 0.15) is 25.5 Å². The number of aliphatic hydroxyl groups is 2. The summed E-state index contributed by atoms with van der Waals surface area (Å²) in [6.07, 6.45) is 0.415. The smallest absolute Gasteiger partial charge is 0.128 e. The molecule has 1 aromatic rings. The van der Waals surface area contributed by atoms with Crippen molar-refractivity contribution < 1.29 is 10.2 Å². The maximum atomic E-state index is 9.56. The molecule has 18 heavy (non-hydrogen) atoms. The van der Waals surface area contributed by atoms with Gasteiger partial charge in [0.1, 0.15) is 5.82 Å². The molecule has 0 spiro atoms. The maximum Gasteiger partial charge on any atom is 0.128 e. The Morgan fingerprint density at radius 1 is 1.44 bits per heavy atom. The van der Waals surface area contributed by atoms with Crippen LogP contribution in [0.4, 0.5) is 5.82 Å². The van der Waals surface area contributed by atoms with E-state index < -0.39 is 12.2 Å². The Hall–Kier alpha value is -1.17. The minimum Gasteiger partial charge on any atom is -0.389 e. The Kier molecular flexibility index (Phi) is 4.16. The van der Waals surface area contributed by atoms with Crippen molar-refractivity contribution in [3.63, 3.8) is 0 Å². The Bertz CT molecular complexity index is 390. The fraction of sp³-hybridized carbons (Fsp3) is 0.615. The van der Waals surface area contributed by atoms with Crippen molar-refractivity contribution in [2.75, 3.05) is 24.5 Å². The van der Waals surface area contributed by atoms with Crippen LogP contribution in [-0.2, 0) is 0 Å². The van der Waals surface area contributed by atoms with Gasteiger partial charge in [0.15, 0.2) is 0 Å². The number of pyridine rings is 1. The van der Waals surface area contributed by atoms with Crippen LogP contribution >= 0.6 is 0 Å². The molecule has 100 valence electrons. The second kappa shape index (κ2) is 5.65. The third kappa shape index (κ3) is 2.80. The van der Waals surface area contributed by atoms with Gasteiger partial charge in [-0.25, -0.2) is 4.98 Å². The molecule has 5 nitrogen and oxygen atoms in total. The van der Waals surface area contributed by atoms with Crippen LogP contribution in [0.25, 0.3) is 0 Å². The molecule has 2 heterocycles. The molecule has 5 heteroatoms. The molecule has 0 aromatic carbocycles. The lowest BCUT2D eigenvalue weighted by Gasteiger charge is -2.19. The molecule has 1 fully saturated rings. The molecule has 1 aliphatic rings. The summed E-state index contributed by atoms with van der Waals surface area (Å²) in [6, 6.07) is 4.27. The number of β-amino-alcohol motifs (C(OH)–C–C–N with tert-alkyl or cyclic N) is 2. The number of hydrogen-bond acceptors (Lipinski definition) is 5. The zero-order valence-electron chi connectivity index (χ0n) is 10.9. The summed E-state index contributed by atoms with van der Waals surface area (Å²) in [5, 5.41) is 22.5. The third-order valence-corrected chi connectivity index (χ3v) is 3.36. The lowest BCUT2D eigenvalue weighted by Crippen LogP contribution is -2.23. The van der Waals surface area contributed by atoms with E-state index >= 15 is 0 Å². The first-order chi connectivity index (χ1) is 8.61. The van der Waals surface area contributed by atoms with Gasteiger partial charge in [-0.2, -0.15) is 0 Å². The van der Waals surface area contributed by atoms with Crippen LogP contribution in [-0.4, -0.2) is 47.0 Å². The summed E-state index contributed by atoms with van der Waals surface area (Å²) >= 11 is 0. The first kappa shape index (κ1) is 13.3. The van der Waals surface area contributed by atoms with Crippen molar-refractivity contribution in [2.45, 2.75) is 32.1 Å². The standard InChI is InChI=1S/C13H21N3O2/c1-3-14-9(2)10-4-5-15-13(6-10)16-7-11(17)12(18)8-16/h4-6,9,11-12,14,17-18H,3,7-8H2,1-2H3. The van der Waals surface area contributed by atoms with Gasteiger partial charge in [-0.05, 0) is 31.2 Å². The van der Waals surface area contributed by atoms with E-state index in [0.717, 1.165) is 17.9 Å². The van der Waals surface area contributed by atoms with E-state index in [4.69, 9.17) is 0 Å². The van der Waals surface area contributed by atoms with Crippen LogP contribution in [0.5, 0.6) is 0 Å². The average Bonchev–Trinajstić information content (AvgIpc) is 2.70. The molecule has 3 atom stereocenters. The predicted octanol–water partition coefficient (Wildman–Crippen LogP) is 0.294. The molecule has 1 aromatic heterocycles. The predicted molar refractivity (Wildman–Crippen MR) is 70.6 cm³/mol. The first-order valence-corrected chi connectivity index (χ1v) is 6.42. The first-order valence-electron chi connectivity index (χ1n) is 6.42. The molecule has 3 unspecified atom stereocenters. The molecule has 0 aliphatic carbocycles. The van der Waals surface area contributed by atoms with E-state index in [0.29, 0.717) is 13.1 Å². The van der Waals surface area contributed by atoms with Gasteiger partial charge in [0, 0.05) is 25.3 Å². The van der Waals surface area contributed by atoms with Crippen molar-refractivity contribution in [2.24, 2.45) is 0 Å². The fourth-order valence-electron chi connectivity index (χ4n) is 2.26. The summed E-state index contributed by atoms with van der Waals surface area (Å²) in [6.45, 7) is 5.97. The number of rotatable bonds is 4. The number of nitrogens with zero attached hydrogens (tertiary/aromatic N) is 2. The van der Waals surface area contributed by atoms with Crippen molar-refractivity contribution >= 4 is 5.82 Å². The highest BCUT2D eigenvalue weighted by Crippen LogP contribution is 2.22. The van der Waals surface area contributed by atoms with Gasteiger partial charge in [-0.15, -0.1) is 0 Å². The van der Waals surface area contributed by atoms with E-state index in [2.05, 4.69) is 24.1 Å². The monoisotopic (exact) mass is 251 g/mol. The topological polar surface area (TPSA) is 68.6 Å². The molecular formula is C13H21N3O2. The molecule has 0 saturated carbocycles. The lowest BCUT2D eigenvalue weighted by atomic mass is 10.1. The Balaban J connectivity index is 2.12. The quantitative estimate of drug-likeness (QED) is 0.718. The molecule has 1 saturated heterocycles. The van der Waals surface area contributed by atoms with Gasteiger partial charge in [-0.1, -0.05) is 6.92 Å². The average molecular weight is 251 g/mol. The second-order valence-corrected chi connectivity index (χ2v) is 4.77. The maximum absolute atomic E-state index is 9.56. The highest BCUT2D eigenvalue weighted by Gasteiger charge is 2.30. The molecule has 2 rings (SSSR count). The van der Waals surface area contributed by atoms with Gasteiger partial charge >= 0.3 is 0 Å². The van der Waals surface area contributed by atoms with Crippen LogP contribution in [0.2, 0.25) is 0 Å². The number of nitrogens with one attached hydrogen (secondary N) is 1. The van der Waals surface area contributed by atoms with Crippen LogP contribution < -0.4 is 10.2 Å². The van der Waals surface area contributed by atoms with Crippen LogP contribution in [0, 0.1) is 0 Å². The van der Waals surface area contributed by atoms with Crippen molar-refractivity contribution in [3.05, 3.63) is 23.9 Å². The minimum atomic E-state index is -0.679. The normalized spacial score (nSPS) is 25.4. The van der Waals surface area contributed by atoms with Crippen LogP contribution in [0.3, 0.4) is 0 Å². The van der Waals surface area contributed by atoms with E-state index in [1.54, 1.807) is 6.20 Å². The second-order valence-electron chi connectivity index (χ2n) is 4.77. The number of aromatic nitrogens is 1. The third-order valence-electron chi connectivity index (χ3n) is 3.36. The molecule has 0 amide bonds. The SMILES string of the molecule is CCNC(C)c1ccnc(N2CC(O)C(O)C2)c1. The Labute approximate surface area is 107 Å². The van der Waals surface area contributed by atoms with Crippen LogP contribution in [0.15, 0.2) is 18.3 Å². The van der Waals surface area contributed by atoms with E-state index in [9.17, 15) is 10.2 Å². The lowest BCUT2D eigenvalue weighted by molar-refractivity contribution is 0.0572. The zero-order valence-corrected chi connectivity index (χ0v) is 10.9. The van der Waals surface area contributed by atoms with E-state index in [1.165, 1.54) is 0 Å². The molecular weight excluding hydrogens is 230 g/mol. The van der Waals surface area contributed by atoms with Gasteiger partial charge in [0.2, 0.25) is 0 Å². The summed E-state index contributed by atoms with van der Waals surface area (Å²) in [5.74, 6) is 0.813. The zero-order chi connectivity index (χ0) is 13.1. The number of hydrogen-bond donors (Lipinski definition) is 3.